The smallest absolute Gasteiger partial charge is 0.261 e. The second-order valence-corrected chi connectivity index (χ2v) is 9.99. The Kier molecular flexibility index (Phi) is 6.59. The highest BCUT2D eigenvalue weighted by molar-refractivity contribution is 6.00. The fourth-order valence-corrected chi connectivity index (χ4v) is 5.19. The van der Waals surface area contributed by atoms with Crippen LogP contribution < -0.4 is 0 Å². The summed E-state index contributed by atoms with van der Waals surface area (Å²) in [6.45, 7) is 6.32. The minimum Gasteiger partial charge on any atom is -0.352 e. The van der Waals surface area contributed by atoms with E-state index in [4.69, 9.17) is 4.98 Å². The van der Waals surface area contributed by atoms with E-state index in [1.165, 1.54) is 12.1 Å². The average molecular weight is 541 g/mol. The second-order valence-electron chi connectivity index (χ2n) is 9.99. The molecule has 0 spiro atoms. The molecule has 4 aromatic heterocycles. The van der Waals surface area contributed by atoms with Crippen molar-refractivity contribution >= 4 is 27.5 Å². The molecule has 202 valence electrons. The molecular weight excluding hydrogens is 513 g/mol. The standard InChI is InChI=1S/C31H27F3N6/c1-3-19(17-40-11-10-31(33,34)18-40)12-20(4-2)25-8-9-26-29(37-25)30(39-38-26)27-14-23-24(15-35-16-28(23)36-27)21-6-5-7-22(32)13-21/h3-9,12-16,36H,1,10-11,17-18H2,2H3,(H,38,39)/b19-12+,20-4+. The maximum atomic E-state index is 13.9. The van der Waals surface area contributed by atoms with Gasteiger partial charge in [0.25, 0.3) is 5.92 Å². The molecule has 1 saturated heterocycles. The number of H-pyrrole nitrogens is 2. The van der Waals surface area contributed by atoms with Gasteiger partial charge < -0.3 is 4.98 Å². The maximum Gasteiger partial charge on any atom is 0.261 e. The van der Waals surface area contributed by atoms with Crippen molar-refractivity contribution in [2.24, 2.45) is 0 Å². The number of halogens is 3. The second kappa shape index (κ2) is 10.2. The quantitative estimate of drug-likeness (QED) is 0.215. The minimum atomic E-state index is -2.64. The number of aromatic amines is 2. The van der Waals surface area contributed by atoms with Gasteiger partial charge in [-0.3, -0.25) is 15.0 Å². The van der Waals surface area contributed by atoms with Gasteiger partial charge >= 0.3 is 0 Å². The number of hydrogen-bond donors (Lipinski definition) is 2. The number of rotatable bonds is 7. The highest BCUT2D eigenvalue weighted by atomic mass is 19.3. The molecule has 9 heteroatoms. The summed E-state index contributed by atoms with van der Waals surface area (Å²) in [5, 5.41) is 8.48. The Balaban J connectivity index is 1.35. The van der Waals surface area contributed by atoms with Crippen molar-refractivity contribution < 1.29 is 13.2 Å². The lowest BCUT2D eigenvalue weighted by Crippen LogP contribution is -2.26. The number of aromatic nitrogens is 5. The lowest BCUT2D eigenvalue weighted by molar-refractivity contribution is 0.0131. The highest BCUT2D eigenvalue weighted by Gasteiger charge is 2.37. The Bertz CT molecular complexity index is 1800. The molecule has 1 aromatic carbocycles. The topological polar surface area (TPSA) is 73.5 Å². The summed E-state index contributed by atoms with van der Waals surface area (Å²) in [5.74, 6) is -2.96. The largest absolute Gasteiger partial charge is 0.352 e. The number of benzene rings is 1. The van der Waals surface area contributed by atoms with E-state index in [0.29, 0.717) is 24.3 Å². The van der Waals surface area contributed by atoms with Gasteiger partial charge in [-0.05, 0) is 60.0 Å². The summed E-state index contributed by atoms with van der Waals surface area (Å²) >= 11 is 0. The molecule has 0 radical (unpaired) electrons. The van der Waals surface area contributed by atoms with Gasteiger partial charge in [0.05, 0.1) is 35.2 Å². The number of fused-ring (bicyclic) bond motifs is 2. The molecule has 1 aliphatic rings. The molecule has 0 saturated carbocycles. The van der Waals surface area contributed by atoms with Crippen LogP contribution in [0.2, 0.25) is 0 Å². The van der Waals surface area contributed by atoms with Crippen molar-refractivity contribution in [1.29, 1.82) is 0 Å². The molecule has 6 nitrogen and oxygen atoms in total. The highest BCUT2D eigenvalue weighted by Crippen LogP contribution is 2.34. The number of allylic oxidation sites excluding steroid dienone is 3. The van der Waals surface area contributed by atoms with Gasteiger partial charge in [0.2, 0.25) is 0 Å². The minimum absolute atomic E-state index is 0.122. The third-order valence-corrected chi connectivity index (χ3v) is 7.21. The van der Waals surface area contributed by atoms with E-state index in [0.717, 1.165) is 50.1 Å². The summed E-state index contributed by atoms with van der Waals surface area (Å²) in [7, 11) is 0. The zero-order chi connectivity index (χ0) is 27.9. The van der Waals surface area contributed by atoms with Gasteiger partial charge in [0.15, 0.2) is 0 Å². The number of nitrogens with zero attached hydrogens (tertiary/aromatic N) is 4. The van der Waals surface area contributed by atoms with E-state index in [1.54, 1.807) is 29.4 Å². The van der Waals surface area contributed by atoms with Gasteiger partial charge in [0, 0.05) is 36.7 Å². The molecule has 5 aromatic rings. The van der Waals surface area contributed by atoms with Crippen molar-refractivity contribution in [2.75, 3.05) is 19.6 Å². The molecule has 0 unspecified atom stereocenters. The Morgan fingerprint density at radius 3 is 2.77 bits per heavy atom. The van der Waals surface area contributed by atoms with Crippen LogP contribution in [0.1, 0.15) is 19.0 Å². The van der Waals surface area contributed by atoms with Crippen LogP contribution in [-0.4, -0.2) is 55.6 Å². The molecule has 0 atom stereocenters. The third-order valence-electron chi connectivity index (χ3n) is 7.21. The van der Waals surface area contributed by atoms with Crippen LogP contribution in [0, 0.1) is 5.82 Å². The first-order valence-corrected chi connectivity index (χ1v) is 13.0. The fraction of sp³-hybridized carbons (Fsp3) is 0.194. The number of likely N-dealkylation sites (tertiary alicyclic amines) is 1. The molecule has 40 heavy (non-hydrogen) atoms. The summed E-state index contributed by atoms with van der Waals surface area (Å²) in [5.41, 5.74) is 7.58. The Labute approximate surface area is 229 Å². The maximum absolute atomic E-state index is 13.9. The molecule has 5 heterocycles. The zero-order valence-corrected chi connectivity index (χ0v) is 21.9. The number of nitrogens with one attached hydrogen (secondary N) is 2. The normalized spacial score (nSPS) is 16.3. The molecule has 0 amide bonds. The lowest BCUT2D eigenvalue weighted by Gasteiger charge is -2.16. The van der Waals surface area contributed by atoms with Crippen LogP contribution in [0.5, 0.6) is 0 Å². The number of hydrogen-bond acceptors (Lipinski definition) is 4. The first-order chi connectivity index (χ1) is 19.3. The van der Waals surface area contributed by atoms with E-state index in [2.05, 4.69) is 26.7 Å². The van der Waals surface area contributed by atoms with Gasteiger partial charge in [-0.1, -0.05) is 30.9 Å². The van der Waals surface area contributed by atoms with Crippen molar-refractivity contribution in [1.82, 2.24) is 30.0 Å². The van der Waals surface area contributed by atoms with Gasteiger partial charge in [-0.2, -0.15) is 5.10 Å². The van der Waals surface area contributed by atoms with Crippen LogP contribution in [0.3, 0.4) is 0 Å². The van der Waals surface area contributed by atoms with Crippen LogP contribution >= 0.6 is 0 Å². The van der Waals surface area contributed by atoms with Crippen molar-refractivity contribution in [3.8, 4) is 22.5 Å². The van der Waals surface area contributed by atoms with E-state index in [1.807, 2.05) is 43.3 Å². The van der Waals surface area contributed by atoms with E-state index >= 15 is 0 Å². The van der Waals surface area contributed by atoms with Crippen LogP contribution in [-0.2, 0) is 0 Å². The van der Waals surface area contributed by atoms with Crippen LogP contribution in [0.25, 0.3) is 50.0 Å². The molecule has 1 aliphatic heterocycles. The lowest BCUT2D eigenvalue weighted by atomic mass is 10.0. The zero-order valence-electron chi connectivity index (χ0n) is 21.9. The van der Waals surface area contributed by atoms with E-state index < -0.39 is 5.92 Å². The van der Waals surface area contributed by atoms with Gasteiger partial charge in [-0.15, -0.1) is 0 Å². The van der Waals surface area contributed by atoms with Gasteiger partial charge in [-0.25, -0.2) is 18.2 Å². The molecular formula is C31H27F3N6. The van der Waals surface area contributed by atoms with Crippen LogP contribution in [0.15, 0.2) is 85.2 Å². The first-order valence-electron chi connectivity index (χ1n) is 13.0. The van der Waals surface area contributed by atoms with Crippen molar-refractivity contribution in [3.05, 3.63) is 96.7 Å². The van der Waals surface area contributed by atoms with Gasteiger partial charge in [0.1, 0.15) is 17.0 Å². The monoisotopic (exact) mass is 540 g/mol. The summed E-state index contributed by atoms with van der Waals surface area (Å²) in [6.07, 6.45) is 8.91. The number of alkyl halides is 2. The average Bonchev–Trinajstić information content (AvgIpc) is 3.66. The van der Waals surface area contributed by atoms with Crippen LogP contribution in [0.4, 0.5) is 13.2 Å². The third kappa shape index (κ3) is 4.96. The summed E-state index contributed by atoms with van der Waals surface area (Å²) in [6, 6.07) is 12.2. The molecule has 1 fully saturated rings. The fourth-order valence-electron chi connectivity index (χ4n) is 5.19. The Hall–Kier alpha value is -4.50. The Morgan fingerprint density at radius 1 is 1.15 bits per heavy atom. The predicted molar refractivity (Wildman–Crippen MR) is 152 cm³/mol. The molecule has 0 aliphatic carbocycles. The van der Waals surface area contributed by atoms with E-state index in [9.17, 15) is 13.2 Å². The molecule has 6 rings (SSSR count). The van der Waals surface area contributed by atoms with Crippen molar-refractivity contribution in [3.63, 3.8) is 0 Å². The molecule has 2 N–H and O–H groups in total. The Morgan fingerprint density at radius 2 is 2.02 bits per heavy atom. The predicted octanol–water partition coefficient (Wildman–Crippen LogP) is 7.16. The van der Waals surface area contributed by atoms with Crippen molar-refractivity contribution in [2.45, 2.75) is 19.3 Å². The van der Waals surface area contributed by atoms with E-state index in [-0.39, 0.29) is 18.8 Å². The number of pyridine rings is 2. The first kappa shape index (κ1) is 25.8. The summed E-state index contributed by atoms with van der Waals surface area (Å²) < 4.78 is 41.3. The summed E-state index contributed by atoms with van der Waals surface area (Å²) in [4.78, 5) is 14.4. The molecule has 0 bridgehead atoms. The SMILES string of the molecule is C=C/C(=C\C(=C/C)c1ccc2[nH]nc(-c3cc4c(-c5cccc(F)c5)cncc4[nH]3)c2n1)CN1CCC(F)(F)C1.